The molecule has 1 rings (SSSR count). The minimum Gasteiger partial charge on any atom is -0.467 e. The normalized spacial score (nSPS) is 12.1. The molecule has 0 spiro atoms. The Morgan fingerprint density at radius 2 is 1.55 bits per heavy atom. The summed E-state index contributed by atoms with van der Waals surface area (Å²) in [5.41, 5.74) is 0.703. The average Bonchev–Trinajstić information content (AvgIpc) is 2.93. The third-order valence-electron chi connectivity index (χ3n) is 6.22. The van der Waals surface area contributed by atoms with Crippen molar-refractivity contribution in [1.29, 1.82) is 0 Å². The smallest absolute Gasteiger partial charge is 0.334 e. The summed E-state index contributed by atoms with van der Waals surface area (Å²) in [6.07, 6.45) is 21.7. The predicted molar refractivity (Wildman–Crippen MR) is 163 cm³/mol. The van der Waals surface area contributed by atoms with Gasteiger partial charge in [0.2, 0.25) is 5.91 Å². The summed E-state index contributed by atoms with van der Waals surface area (Å²) in [4.78, 5) is 35.6. The Morgan fingerprint density at radius 1 is 0.925 bits per heavy atom. The van der Waals surface area contributed by atoms with Crippen LogP contribution in [0.15, 0.2) is 53.5 Å². The van der Waals surface area contributed by atoms with E-state index >= 15 is 0 Å². The number of aliphatic hydroxyl groups excluding tert-OH is 1. The van der Waals surface area contributed by atoms with E-state index in [0.717, 1.165) is 36.3 Å². The van der Waals surface area contributed by atoms with Crippen molar-refractivity contribution in [3.8, 4) is 0 Å². The molecular formula is C32H49NO6S. The van der Waals surface area contributed by atoms with Gasteiger partial charge in [-0.1, -0.05) is 68.9 Å². The van der Waals surface area contributed by atoms with E-state index in [4.69, 9.17) is 4.74 Å². The van der Waals surface area contributed by atoms with Crippen LogP contribution in [0.1, 0.15) is 96.8 Å². The average molecular weight is 576 g/mol. The molecule has 7 nitrogen and oxygen atoms in total. The van der Waals surface area contributed by atoms with Gasteiger partial charge in [0.1, 0.15) is 6.42 Å². The largest absolute Gasteiger partial charge is 0.467 e. The van der Waals surface area contributed by atoms with Crippen LogP contribution in [-0.4, -0.2) is 48.5 Å². The van der Waals surface area contributed by atoms with Crippen LogP contribution in [0.2, 0.25) is 0 Å². The number of aliphatic hydroxyl groups is 1. The number of hydrogen-bond acceptors (Lipinski definition) is 7. The first kappa shape index (κ1) is 35.4. The number of carbonyl (C=O) groups excluding carboxylic acids is 3. The molecule has 0 aliphatic carbocycles. The van der Waals surface area contributed by atoms with Gasteiger partial charge in [-0.25, -0.2) is 4.79 Å². The number of rotatable bonds is 23. The van der Waals surface area contributed by atoms with E-state index < -0.39 is 18.0 Å². The number of benzene rings is 1. The van der Waals surface area contributed by atoms with Crippen LogP contribution in [0.5, 0.6) is 0 Å². The zero-order chi connectivity index (χ0) is 29.3. The number of allylic oxidation sites excluding steroid dienone is 4. The quantitative estimate of drug-likeness (QED) is 0.0461. The van der Waals surface area contributed by atoms with Gasteiger partial charge in [-0.15, -0.1) is 11.8 Å². The molecule has 0 saturated carbocycles. The zero-order valence-corrected chi connectivity index (χ0v) is 25.2. The van der Waals surface area contributed by atoms with Gasteiger partial charge in [-0.3, -0.25) is 9.59 Å². The molecule has 1 atom stereocenters. The summed E-state index contributed by atoms with van der Waals surface area (Å²) in [6.45, 7) is 1.99. The van der Waals surface area contributed by atoms with E-state index in [0.29, 0.717) is 12.1 Å². The lowest BCUT2D eigenvalue weighted by molar-refractivity contribution is -0.150. The van der Waals surface area contributed by atoms with Gasteiger partial charge >= 0.3 is 11.9 Å². The van der Waals surface area contributed by atoms with E-state index in [-0.39, 0.29) is 18.9 Å². The monoisotopic (exact) mass is 575 g/mol. The maximum Gasteiger partial charge on any atom is 0.334 e. The van der Waals surface area contributed by atoms with Gasteiger partial charge in [-0.05, 0) is 75.8 Å². The number of unbranched alkanes of at least 4 members (excludes halogenated alkanes) is 10. The molecule has 1 aromatic rings. The first-order valence-corrected chi connectivity index (χ1v) is 15.7. The third-order valence-corrected chi connectivity index (χ3v) is 7.30. The highest BCUT2D eigenvalue weighted by molar-refractivity contribution is 7.99. The molecule has 0 aromatic heterocycles. The van der Waals surface area contributed by atoms with E-state index in [9.17, 15) is 19.5 Å². The van der Waals surface area contributed by atoms with Crippen molar-refractivity contribution < 1.29 is 29.0 Å². The van der Waals surface area contributed by atoms with Gasteiger partial charge < -0.3 is 19.9 Å². The molecule has 0 saturated heterocycles. The van der Waals surface area contributed by atoms with Crippen molar-refractivity contribution in [3.63, 3.8) is 0 Å². The molecule has 0 aliphatic heterocycles. The van der Waals surface area contributed by atoms with Crippen molar-refractivity contribution in [3.05, 3.63) is 48.6 Å². The summed E-state index contributed by atoms with van der Waals surface area (Å²) in [5.74, 6) is -0.362. The van der Waals surface area contributed by atoms with E-state index in [1.54, 1.807) is 18.7 Å². The summed E-state index contributed by atoms with van der Waals surface area (Å²) >= 11 is 1.80. The topological polar surface area (TPSA) is 102 Å². The lowest BCUT2D eigenvalue weighted by Gasteiger charge is -2.07. The number of amides is 1. The number of methoxy groups -OCH3 is 1. The summed E-state index contributed by atoms with van der Waals surface area (Å²) in [5, 5.41) is 12.3. The van der Waals surface area contributed by atoms with Gasteiger partial charge in [0.25, 0.3) is 0 Å². The van der Waals surface area contributed by atoms with Crippen LogP contribution in [-0.2, 0) is 23.9 Å². The second-order valence-corrected chi connectivity index (χ2v) is 10.9. The zero-order valence-electron chi connectivity index (χ0n) is 24.4. The molecule has 2 N–H and O–H groups in total. The number of nitrogens with one attached hydrogen (secondary N) is 1. The van der Waals surface area contributed by atoms with Crippen molar-refractivity contribution in [2.75, 3.05) is 24.8 Å². The van der Waals surface area contributed by atoms with Crippen LogP contribution >= 0.6 is 11.8 Å². The fourth-order valence-corrected chi connectivity index (χ4v) is 5.00. The molecule has 1 unspecified atom stereocenters. The number of ether oxygens (including phenoxy) is 2. The molecule has 0 aliphatic rings. The highest BCUT2D eigenvalue weighted by atomic mass is 32.2. The standard InChI is InChI=1S/C32H49NO6S/c1-3-39-31(36)26-30(35)33-27-21-20-22-28(25-27)40-24-19-17-15-13-11-9-7-5-4-6-8-10-12-14-16-18-23-29(34)32(37)38-2/h6,8,10,12,20-22,25,29,34H,3-5,7,9,11,13-19,23-24,26H2,1-2H3,(H,33,35). The summed E-state index contributed by atoms with van der Waals surface area (Å²) in [6, 6.07) is 7.74. The van der Waals surface area contributed by atoms with E-state index in [1.807, 2.05) is 24.3 Å². The molecular weight excluding hydrogens is 526 g/mol. The molecule has 0 bridgehead atoms. The molecule has 1 amide bonds. The SMILES string of the molecule is CCOC(=O)CC(=O)Nc1cccc(SCCCCCCCCCCC=CC=CCCCCC(O)C(=O)OC)c1. The Morgan fingerprint density at radius 3 is 2.20 bits per heavy atom. The van der Waals surface area contributed by atoms with Gasteiger partial charge in [0.05, 0.1) is 13.7 Å². The van der Waals surface area contributed by atoms with E-state index in [2.05, 4.69) is 34.4 Å². The summed E-state index contributed by atoms with van der Waals surface area (Å²) < 4.78 is 9.31. The first-order chi connectivity index (χ1) is 19.5. The number of thioether (sulfide) groups is 1. The molecule has 40 heavy (non-hydrogen) atoms. The molecule has 0 radical (unpaired) electrons. The van der Waals surface area contributed by atoms with Crippen molar-refractivity contribution in [2.45, 2.75) is 108 Å². The Hall–Kier alpha value is -2.58. The maximum atomic E-state index is 11.9. The van der Waals surface area contributed by atoms with Gasteiger partial charge in [0, 0.05) is 10.6 Å². The Bertz CT molecular complexity index is 901. The minimum atomic E-state index is -0.996. The third kappa shape index (κ3) is 19.5. The number of anilines is 1. The Kier molecular flexibility index (Phi) is 21.5. The summed E-state index contributed by atoms with van der Waals surface area (Å²) in [7, 11) is 1.29. The minimum absolute atomic E-state index is 0.266. The molecule has 0 heterocycles. The van der Waals surface area contributed by atoms with Crippen molar-refractivity contribution >= 4 is 35.3 Å². The van der Waals surface area contributed by atoms with Crippen molar-refractivity contribution in [1.82, 2.24) is 0 Å². The maximum absolute atomic E-state index is 11.9. The van der Waals surface area contributed by atoms with Crippen molar-refractivity contribution in [2.24, 2.45) is 0 Å². The van der Waals surface area contributed by atoms with Gasteiger partial charge in [0.15, 0.2) is 6.10 Å². The van der Waals surface area contributed by atoms with Crippen LogP contribution in [0, 0.1) is 0 Å². The predicted octanol–water partition coefficient (Wildman–Crippen LogP) is 7.39. The van der Waals surface area contributed by atoms with Crippen LogP contribution in [0.4, 0.5) is 5.69 Å². The van der Waals surface area contributed by atoms with Crippen LogP contribution < -0.4 is 5.32 Å². The lowest BCUT2D eigenvalue weighted by atomic mass is 10.1. The molecule has 0 fully saturated rings. The first-order valence-electron chi connectivity index (χ1n) is 14.7. The second kappa shape index (κ2) is 24.2. The lowest BCUT2D eigenvalue weighted by Crippen LogP contribution is -2.21. The second-order valence-electron chi connectivity index (χ2n) is 9.70. The number of carbonyl (C=O) groups is 3. The highest BCUT2D eigenvalue weighted by Gasteiger charge is 2.13. The van der Waals surface area contributed by atoms with E-state index in [1.165, 1.54) is 58.5 Å². The molecule has 224 valence electrons. The number of hydrogen-bond donors (Lipinski definition) is 2. The van der Waals surface area contributed by atoms with Gasteiger partial charge in [-0.2, -0.15) is 0 Å². The fraction of sp³-hybridized carbons (Fsp3) is 0.594. The molecule has 8 heteroatoms. The van der Waals surface area contributed by atoms with Crippen LogP contribution in [0.3, 0.4) is 0 Å². The number of esters is 2. The fourth-order valence-electron chi connectivity index (χ4n) is 4.03. The molecule has 1 aromatic carbocycles. The highest BCUT2D eigenvalue weighted by Crippen LogP contribution is 2.23. The van der Waals surface area contributed by atoms with Crippen LogP contribution in [0.25, 0.3) is 0 Å². The Balaban J connectivity index is 1.95. The Labute approximate surface area is 245 Å².